The lowest BCUT2D eigenvalue weighted by Crippen LogP contribution is -2.52. The van der Waals surface area contributed by atoms with Crippen molar-refractivity contribution in [1.82, 2.24) is 29.9 Å². The van der Waals surface area contributed by atoms with Gasteiger partial charge in [0.1, 0.15) is 12.2 Å². The van der Waals surface area contributed by atoms with Gasteiger partial charge < -0.3 is 14.8 Å². The standard InChI is InChI=1S/C20H31N7.HI/c1-3-19-24-23-17-27(19)11-10-22-20(21-4-2)26-14-12-25(13-15-26)16-18-8-6-5-7-9-18;/h5-9,17H,3-4,10-16H2,1-2H3,(H,21,22);1H. The first kappa shape index (κ1) is 22.6. The fourth-order valence-electron chi connectivity index (χ4n) is 3.39. The van der Waals surface area contributed by atoms with Gasteiger partial charge in [0.05, 0.1) is 6.54 Å². The number of nitrogens with zero attached hydrogens (tertiary/aromatic N) is 6. The highest BCUT2D eigenvalue weighted by atomic mass is 127. The lowest BCUT2D eigenvalue weighted by Gasteiger charge is -2.36. The van der Waals surface area contributed by atoms with Crippen LogP contribution in [0, 0.1) is 0 Å². The third-order valence-electron chi connectivity index (χ3n) is 4.87. The number of aliphatic imine (C=N–C) groups is 1. The van der Waals surface area contributed by atoms with E-state index in [4.69, 9.17) is 4.99 Å². The van der Waals surface area contributed by atoms with Crippen LogP contribution in [0.3, 0.4) is 0 Å². The number of aromatic nitrogens is 3. The van der Waals surface area contributed by atoms with Crippen molar-refractivity contribution in [2.45, 2.75) is 33.4 Å². The van der Waals surface area contributed by atoms with E-state index < -0.39 is 0 Å². The van der Waals surface area contributed by atoms with E-state index in [0.29, 0.717) is 0 Å². The second-order valence-electron chi connectivity index (χ2n) is 6.78. The zero-order valence-electron chi connectivity index (χ0n) is 16.9. The minimum absolute atomic E-state index is 0. The number of piperazine rings is 1. The van der Waals surface area contributed by atoms with Crippen molar-refractivity contribution in [1.29, 1.82) is 0 Å². The highest BCUT2D eigenvalue weighted by Crippen LogP contribution is 2.08. The molecule has 0 saturated carbocycles. The van der Waals surface area contributed by atoms with Crippen molar-refractivity contribution in [3.63, 3.8) is 0 Å². The summed E-state index contributed by atoms with van der Waals surface area (Å²) in [6, 6.07) is 10.7. The molecule has 1 saturated heterocycles. The minimum atomic E-state index is 0. The summed E-state index contributed by atoms with van der Waals surface area (Å²) < 4.78 is 2.09. The van der Waals surface area contributed by atoms with Crippen molar-refractivity contribution in [2.75, 3.05) is 39.3 Å². The van der Waals surface area contributed by atoms with E-state index in [0.717, 1.165) is 70.6 Å². The third-order valence-corrected chi connectivity index (χ3v) is 4.87. The van der Waals surface area contributed by atoms with E-state index in [-0.39, 0.29) is 24.0 Å². The number of guanidine groups is 1. The van der Waals surface area contributed by atoms with Crippen LogP contribution in [0.25, 0.3) is 0 Å². The maximum Gasteiger partial charge on any atom is 0.194 e. The molecule has 2 aromatic rings. The molecule has 0 unspecified atom stereocenters. The second-order valence-corrected chi connectivity index (χ2v) is 6.78. The molecule has 1 aromatic carbocycles. The number of halogens is 1. The van der Waals surface area contributed by atoms with Crippen molar-refractivity contribution in [3.05, 3.63) is 48.0 Å². The normalized spacial score (nSPS) is 15.4. The zero-order chi connectivity index (χ0) is 18.9. The number of benzene rings is 1. The predicted octanol–water partition coefficient (Wildman–Crippen LogP) is 2.24. The quantitative estimate of drug-likeness (QED) is 0.361. The SMILES string of the molecule is CCNC(=NCCn1cnnc1CC)N1CCN(Cc2ccccc2)CC1.I. The monoisotopic (exact) mass is 497 g/mol. The molecule has 1 aliphatic rings. The van der Waals surface area contributed by atoms with Gasteiger partial charge in [0.25, 0.3) is 0 Å². The summed E-state index contributed by atoms with van der Waals surface area (Å²) in [7, 11) is 0. The van der Waals surface area contributed by atoms with Gasteiger partial charge in [-0.2, -0.15) is 0 Å². The van der Waals surface area contributed by atoms with Crippen molar-refractivity contribution < 1.29 is 0 Å². The summed E-state index contributed by atoms with van der Waals surface area (Å²) in [6.07, 6.45) is 2.69. The van der Waals surface area contributed by atoms with Gasteiger partial charge in [-0.1, -0.05) is 37.3 Å². The summed E-state index contributed by atoms with van der Waals surface area (Å²) in [4.78, 5) is 9.72. The smallest absolute Gasteiger partial charge is 0.194 e. The summed E-state index contributed by atoms with van der Waals surface area (Å²) in [5, 5.41) is 11.6. The first-order valence-corrected chi connectivity index (χ1v) is 9.96. The highest BCUT2D eigenvalue weighted by Gasteiger charge is 2.19. The molecular weight excluding hydrogens is 465 g/mol. The van der Waals surface area contributed by atoms with Crippen LogP contribution in [0.15, 0.2) is 41.7 Å². The number of hydrogen-bond donors (Lipinski definition) is 1. The fourth-order valence-corrected chi connectivity index (χ4v) is 3.39. The Balaban J connectivity index is 0.00000280. The van der Waals surface area contributed by atoms with E-state index in [1.807, 2.05) is 0 Å². The average molecular weight is 497 g/mol. The summed E-state index contributed by atoms with van der Waals surface area (Å²) >= 11 is 0. The van der Waals surface area contributed by atoms with Crippen molar-refractivity contribution in [2.24, 2.45) is 4.99 Å². The molecular formula is C20H32IN7. The Labute approximate surface area is 185 Å². The third kappa shape index (κ3) is 6.44. The van der Waals surface area contributed by atoms with Crippen LogP contribution in [-0.2, 0) is 19.5 Å². The van der Waals surface area contributed by atoms with E-state index in [2.05, 4.69) is 74.1 Å². The fraction of sp³-hybridized carbons (Fsp3) is 0.550. The molecule has 0 amide bonds. The molecule has 1 N–H and O–H groups in total. The largest absolute Gasteiger partial charge is 0.357 e. The van der Waals surface area contributed by atoms with Crippen LogP contribution in [0.5, 0.6) is 0 Å². The van der Waals surface area contributed by atoms with Gasteiger partial charge in [0, 0.05) is 52.2 Å². The maximum atomic E-state index is 4.83. The van der Waals surface area contributed by atoms with Crippen LogP contribution in [-0.4, -0.2) is 69.8 Å². The van der Waals surface area contributed by atoms with Gasteiger partial charge in [-0.05, 0) is 12.5 Å². The van der Waals surface area contributed by atoms with Crippen LogP contribution >= 0.6 is 24.0 Å². The maximum absolute atomic E-state index is 4.83. The molecule has 2 heterocycles. The van der Waals surface area contributed by atoms with Crippen LogP contribution in [0.1, 0.15) is 25.2 Å². The van der Waals surface area contributed by atoms with E-state index in [1.54, 1.807) is 6.33 Å². The molecule has 154 valence electrons. The number of rotatable bonds is 7. The van der Waals surface area contributed by atoms with E-state index in [1.165, 1.54) is 5.56 Å². The Morgan fingerprint density at radius 2 is 1.86 bits per heavy atom. The first-order valence-electron chi connectivity index (χ1n) is 9.96. The van der Waals surface area contributed by atoms with Gasteiger partial charge in [0.15, 0.2) is 5.96 Å². The molecule has 28 heavy (non-hydrogen) atoms. The Kier molecular flexibility index (Phi) is 9.69. The summed E-state index contributed by atoms with van der Waals surface area (Å²) in [5.74, 6) is 2.03. The molecule has 0 bridgehead atoms. The minimum Gasteiger partial charge on any atom is -0.357 e. The van der Waals surface area contributed by atoms with Gasteiger partial charge in [-0.3, -0.25) is 9.89 Å². The molecule has 8 heteroatoms. The Morgan fingerprint density at radius 3 is 2.54 bits per heavy atom. The lowest BCUT2D eigenvalue weighted by atomic mass is 10.2. The Bertz CT molecular complexity index is 708. The highest BCUT2D eigenvalue weighted by molar-refractivity contribution is 14.0. The van der Waals surface area contributed by atoms with Crippen LogP contribution in [0.2, 0.25) is 0 Å². The molecule has 1 aromatic heterocycles. The summed E-state index contributed by atoms with van der Waals surface area (Å²) in [6.45, 7) is 11.8. The lowest BCUT2D eigenvalue weighted by molar-refractivity contribution is 0.172. The molecule has 7 nitrogen and oxygen atoms in total. The molecule has 1 aliphatic heterocycles. The van der Waals surface area contributed by atoms with Gasteiger partial charge in [-0.15, -0.1) is 34.2 Å². The van der Waals surface area contributed by atoms with Gasteiger partial charge in [0.2, 0.25) is 0 Å². The molecule has 0 aliphatic carbocycles. The van der Waals surface area contributed by atoms with Crippen molar-refractivity contribution >= 4 is 29.9 Å². The Morgan fingerprint density at radius 1 is 1.11 bits per heavy atom. The summed E-state index contributed by atoms with van der Waals surface area (Å²) in [5.41, 5.74) is 1.38. The van der Waals surface area contributed by atoms with Gasteiger partial charge in [-0.25, -0.2) is 0 Å². The molecule has 1 fully saturated rings. The molecule has 0 radical (unpaired) electrons. The van der Waals surface area contributed by atoms with E-state index >= 15 is 0 Å². The average Bonchev–Trinajstić information content (AvgIpc) is 3.16. The van der Waals surface area contributed by atoms with Crippen LogP contribution < -0.4 is 5.32 Å². The van der Waals surface area contributed by atoms with E-state index in [9.17, 15) is 0 Å². The first-order chi connectivity index (χ1) is 13.3. The van der Waals surface area contributed by atoms with Crippen LogP contribution in [0.4, 0.5) is 0 Å². The predicted molar refractivity (Wildman–Crippen MR) is 124 cm³/mol. The van der Waals surface area contributed by atoms with Gasteiger partial charge >= 0.3 is 0 Å². The van der Waals surface area contributed by atoms with Crippen molar-refractivity contribution in [3.8, 4) is 0 Å². The molecule has 0 spiro atoms. The second kappa shape index (κ2) is 12.0. The topological polar surface area (TPSA) is 61.6 Å². The molecule has 3 rings (SSSR count). The number of nitrogens with one attached hydrogen (secondary N) is 1. The number of aryl methyl sites for hydroxylation is 1. The molecule has 0 atom stereocenters. The zero-order valence-corrected chi connectivity index (χ0v) is 19.2. The number of hydrogen-bond acceptors (Lipinski definition) is 4. The Hall–Kier alpha value is -1.68.